The monoisotopic (exact) mass is 592 g/mol. The quantitative estimate of drug-likeness (QED) is 0.258. The van der Waals surface area contributed by atoms with Crippen molar-refractivity contribution in [3.05, 3.63) is 53.8 Å². The second-order valence-electron chi connectivity index (χ2n) is 14.0. The lowest BCUT2D eigenvalue weighted by Crippen LogP contribution is -2.62. The molecule has 1 heterocycles. The lowest BCUT2D eigenvalue weighted by Gasteiger charge is -2.41. The molecule has 2 aliphatic rings. The van der Waals surface area contributed by atoms with E-state index in [4.69, 9.17) is 4.74 Å². The Labute approximate surface area is 258 Å². The largest absolute Gasteiger partial charge is 0.444 e. The lowest BCUT2D eigenvalue weighted by atomic mass is 9.86. The molecular formula is C35H52N4O4. The Hall–Kier alpha value is -3.42. The molecule has 0 spiro atoms. The molecule has 8 nitrogen and oxygen atoms in total. The van der Waals surface area contributed by atoms with E-state index in [2.05, 4.69) is 37.8 Å². The highest BCUT2D eigenvalue weighted by Crippen LogP contribution is 2.37. The fourth-order valence-electron chi connectivity index (χ4n) is 6.01. The minimum Gasteiger partial charge on any atom is -0.444 e. The van der Waals surface area contributed by atoms with Crippen LogP contribution in [0.25, 0.3) is 0 Å². The summed E-state index contributed by atoms with van der Waals surface area (Å²) < 4.78 is 5.73. The molecule has 1 aliphatic carbocycles. The summed E-state index contributed by atoms with van der Waals surface area (Å²) in [4.78, 5) is 49.8. The zero-order valence-electron chi connectivity index (χ0n) is 27.5. The number of benzene rings is 1. The van der Waals surface area contributed by atoms with E-state index < -0.39 is 23.3 Å². The number of ether oxygens (including phenoxy) is 1. The number of hydrogen-bond acceptors (Lipinski definition) is 5. The first-order valence-electron chi connectivity index (χ1n) is 15.7. The molecule has 1 aromatic rings. The molecule has 3 amide bonds. The Kier molecular flexibility index (Phi) is 11.0. The molecular weight excluding hydrogens is 540 g/mol. The number of hydrogen-bond donors (Lipinski definition) is 1. The fourth-order valence-corrected chi connectivity index (χ4v) is 6.01. The minimum atomic E-state index is -1.23. The average molecular weight is 593 g/mol. The Balaban J connectivity index is 2.19. The van der Waals surface area contributed by atoms with Gasteiger partial charge in [-0.1, -0.05) is 64.3 Å². The summed E-state index contributed by atoms with van der Waals surface area (Å²) in [5, 5.41) is 3.25. The molecule has 0 radical (unpaired) electrons. The van der Waals surface area contributed by atoms with Crippen molar-refractivity contribution in [1.29, 1.82) is 0 Å². The number of amides is 3. The van der Waals surface area contributed by atoms with Crippen molar-refractivity contribution in [3.8, 4) is 0 Å². The lowest BCUT2D eigenvalue weighted by molar-refractivity contribution is -0.131. The van der Waals surface area contributed by atoms with Gasteiger partial charge in [0.15, 0.2) is 0 Å². The standard InChI is InChI=1S/C35H52N4O4/c1-10-15-25(24-36-9)29(30(40)37-27-16-12-11-13-17-27)39(28-20-18-26(19-21-28)33(2,3)4)31(41)35(8)22-14-23-38(35)32(42)43-34(5,6)7/h10,15,18-21,24,27,29H,9,11-14,16-17,22-23H2,1-8H3,(H,37,40)/b15-10-,25-24+. The zero-order valence-corrected chi connectivity index (χ0v) is 27.5. The van der Waals surface area contributed by atoms with Crippen molar-refractivity contribution in [1.82, 2.24) is 10.2 Å². The molecule has 1 saturated carbocycles. The molecule has 2 fully saturated rings. The van der Waals surface area contributed by atoms with E-state index in [0.717, 1.165) is 37.7 Å². The third-order valence-electron chi connectivity index (χ3n) is 8.32. The average Bonchev–Trinajstić information content (AvgIpc) is 3.33. The van der Waals surface area contributed by atoms with Gasteiger partial charge in [0.05, 0.1) is 0 Å². The third-order valence-corrected chi connectivity index (χ3v) is 8.32. The molecule has 0 aromatic heterocycles. The number of carbonyl (C=O) groups is 3. The van der Waals surface area contributed by atoms with Gasteiger partial charge in [0.1, 0.15) is 17.2 Å². The summed E-state index contributed by atoms with van der Waals surface area (Å²) in [6, 6.07) is 6.79. The predicted octanol–water partition coefficient (Wildman–Crippen LogP) is 7.08. The molecule has 3 rings (SSSR count). The van der Waals surface area contributed by atoms with Gasteiger partial charge in [0, 0.05) is 30.0 Å². The molecule has 1 saturated heterocycles. The van der Waals surface area contributed by atoms with Crippen LogP contribution in [-0.4, -0.2) is 59.3 Å². The van der Waals surface area contributed by atoms with E-state index in [1.165, 1.54) is 11.1 Å². The summed E-state index contributed by atoms with van der Waals surface area (Å²) in [5.74, 6) is -0.624. The van der Waals surface area contributed by atoms with Gasteiger partial charge in [-0.25, -0.2) is 4.79 Å². The maximum atomic E-state index is 15.0. The SMILES string of the molecule is C=N/C=C(\C=C/C)C(C(=O)NC1CCCCC1)N(C(=O)C1(C)CCCN1C(=O)OC(C)(C)C)c1ccc(C(C)(C)C)cc1. The maximum Gasteiger partial charge on any atom is 0.411 e. The molecule has 2 unspecified atom stereocenters. The summed E-state index contributed by atoms with van der Waals surface area (Å²) >= 11 is 0. The number of nitrogens with zero attached hydrogens (tertiary/aromatic N) is 3. The van der Waals surface area contributed by atoms with Crippen LogP contribution < -0.4 is 10.2 Å². The van der Waals surface area contributed by atoms with Gasteiger partial charge in [0.2, 0.25) is 5.91 Å². The van der Waals surface area contributed by atoms with Gasteiger partial charge in [-0.2, -0.15) is 0 Å². The molecule has 2 atom stereocenters. The molecule has 1 N–H and O–H groups in total. The Bertz CT molecular complexity index is 1220. The minimum absolute atomic E-state index is 0.0350. The first kappa shape index (κ1) is 34.1. The summed E-state index contributed by atoms with van der Waals surface area (Å²) in [6.07, 6.45) is 10.8. The van der Waals surface area contributed by atoms with Crippen LogP contribution in [0.1, 0.15) is 106 Å². The van der Waals surface area contributed by atoms with E-state index in [-0.39, 0.29) is 23.3 Å². The highest BCUT2D eigenvalue weighted by Gasteiger charge is 2.51. The van der Waals surface area contributed by atoms with Crippen molar-refractivity contribution in [2.24, 2.45) is 4.99 Å². The Morgan fingerprint density at radius 1 is 1.07 bits per heavy atom. The van der Waals surface area contributed by atoms with E-state index in [1.807, 2.05) is 58.0 Å². The third kappa shape index (κ3) is 8.36. The van der Waals surface area contributed by atoms with Gasteiger partial charge in [-0.05, 0) is 90.1 Å². The van der Waals surface area contributed by atoms with Gasteiger partial charge >= 0.3 is 6.09 Å². The second-order valence-corrected chi connectivity index (χ2v) is 14.0. The molecule has 1 aliphatic heterocycles. The van der Waals surface area contributed by atoms with Crippen LogP contribution in [0.4, 0.5) is 10.5 Å². The molecule has 1 aromatic carbocycles. The van der Waals surface area contributed by atoms with Crippen molar-refractivity contribution in [3.63, 3.8) is 0 Å². The zero-order chi connectivity index (χ0) is 32.0. The van der Waals surface area contributed by atoms with Crippen molar-refractivity contribution in [2.45, 2.75) is 129 Å². The van der Waals surface area contributed by atoms with Gasteiger partial charge in [-0.3, -0.25) is 24.4 Å². The van der Waals surface area contributed by atoms with E-state index in [1.54, 1.807) is 17.9 Å². The molecule has 43 heavy (non-hydrogen) atoms. The number of likely N-dealkylation sites (tertiary alicyclic amines) is 1. The number of nitrogens with one attached hydrogen (secondary N) is 1. The number of anilines is 1. The summed E-state index contributed by atoms with van der Waals surface area (Å²) in [7, 11) is 0. The van der Waals surface area contributed by atoms with Crippen LogP contribution in [0.5, 0.6) is 0 Å². The topological polar surface area (TPSA) is 91.3 Å². The van der Waals surface area contributed by atoms with Crippen molar-refractivity contribution >= 4 is 30.3 Å². The van der Waals surface area contributed by atoms with Gasteiger partial charge in [-0.15, -0.1) is 0 Å². The first-order chi connectivity index (χ1) is 20.1. The highest BCUT2D eigenvalue weighted by molar-refractivity contribution is 6.08. The van der Waals surface area contributed by atoms with Crippen LogP contribution in [0.2, 0.25) is 0 Å². The van der Waals surface area contributed by atoms with Crippen LogP contribution in [-0.2, 0) is 19.7 Å². The second kappa shape index (κ2) is 13.9. The molecule has 8 heteroatoms. The summed E-state index contributed by atoms with van der Waals surface area (Å²) in [6.45, 7) is 19.5. The number of carbonyl (C=O) groups excluding carboxylic acids is 3. The van der Waals surface area contributed by atoms with Crippen LogP contribution in [0.15, 0.2) is 53.2 Å². The maximum absolute atomic E-state index is 15.0. The summed E-state index contributed by atoms with van der Waals surface area (Å²) in [5.41, 5.74) is 0.163. The normalized spacial score (nSPS) is 21.0. The van der Waals surface area contributed by atoms with Crippen molar-refractivity contribution in [2.75, 3.05) is 11.4 Å². The van der Waals surface area contributed by atoms with Crippen LogP contribution in [0, 0.1) is 0 Å². The molecule has 0 bridgehead atoms. The highest BCUT2D eigenvalue weighted by atomic mass is 16.6. The number of allylic oxidation sites excluding steroid dienone is 1. The van der Waals surface area contributed by atoms with Gasteiger partial charge < -0.3 is 10.1 Å². The smallest absolute Gasteiger partial charge is 0.411 e. The van der Waals surface area contributed by atoms with Gasteiger partial charge in [0.25, 0.3) is 5.91 Å². The van der Waals surface area contributed by atoms with Crippen LogP contribution in [0.3, 0.4) is 0 Å². The Morgan fingerprint density at radius 2 is 1.70 bits per heavy atom. The van der Waals surface area contributed by atoms with E-state index >= 15 is 0 Å². The fraction of sp³-hybridized carbons (Fsp3) is 0.600. The number of rotatable bonds is 8. The van der Waals surface area contributed by atoms with Crippen LogP contribution >= 0.6 is 0 Å². The van der Waals surface area contributed by atoms with E-state index in [0.29, 0.717) is 30.6 Å². The molecule has 236 valence electrons. The first-order valence-corrected chi connectivity index (χ1v) is 15.7. The predicted molar refractivity (Wildman–Crippen MR) is 174 cm³/mol. The number of aliphatic imine (C=N–C) groups is 1. The van der Waals surface area contributed by atoms with Crippen molar-refractivity contribution < 1.29 is 19.1 Å². The Morgan fingerprint density at radius 3 is 2.23 bits per heavy atom. The van der Waals surface area contributed by atoms with E-state index in [9.17, 15) is 14.4 Å².